The van der Waals surface area contributed by atoms with E-state index in [0.717, 1.165) is 17.7 Å². The summed E-state index contributed by atoms with van der Waals surface area (Å²) in [6.45, 7) is 3.02. The van der Waals surface area contributed by atoms with Crippen molar-refractivity contribution in [2.45, 2.75) is 31.8 Å². The van der Waals surface area contributed by atoms with Crippen molar-refractivity contribution in [3.05, 3.63) is 29.3 Å². The van der Waals surface area contributed by atoms with Crippen LogP contribution in [0, 0.1) is 0 Å². The Morgan fingerprint density at radius 3 is 3.10 bits per heavy atom. The molecule has 1 fully saturated rings. The van der Waals surface area contributed by atoms with E-state index in [-0.39, 0.29) is 5.91 Å². The molecule has 3 heterocycles. The van der Waals surface area contributed by atoms with Crippen molar-refractivity contribution in [3.8, 4) is 10.6 Å². The summed E-state index contributed by atoms with van der Waals surface area (Å²) in [6.07, 6.45) is 2.11. The number of nitrogens with zero attached hydrogens (tertiary/aromatic N) is 2. The molecule has 2 aromatic rings. The average molecular weight is 306 g/mol. The highest BCUT2D eigenvalue weighted by Crippen LogP contribution is 2.26. The summed E-state index contributed by atoms with van der Waals surface area (Å²) in [5, 5.41) is 15.9. The Morgan fingerprint density at radius 2 is 2.33 bits per heavy atom. The molecule has 3 rings (SSSR count). The second kappa shape index (κ2) is 5.61. The number of aliphatic hydroxyl groups is 1. The van der Waals surface area contributed by atoms with E-state index in [0.29, 0.717) is 31.0 Å². The van der Waals surface area contributed by atoms with Crippen LogP contribution in [0.15, 0.2) is 28.1 Å². The molecular weight excluding hydrogens is 288 g/mol. The van der Waals surface area contributed by atoms with Gasteiger partial charge in [-0.3, -0.25) is 4.79 Å². The summed E-state index contributed by atoms with van der Waals surface area (Å²) in [5.41, 5.74) is -0.346. The van der Waals surface area contributed by atoms with Gasteiger partial charge in [0.05, 0.1) is 10.5 Å². The minimum absolute atomic E-state index is 0.126. The lowest BCUT2D eigenvalue weighted by atomic mass is 9.98. The zero-order chi connectivity index (χ0) is 14.9. The van der Waals surface area contributed by atoms with Crippen LogP contribution in [0.5, 0.6) is 0 Å². The van der Waals surface area contributed by atoms with E-state index >= 15 is 0 Å². The van der Waals surface area contributed by atoms with E-state index in [4.69, 9.17) is 4.52 Å². The number of thiophene rings is 1. The van der Waals surface area contributed by atoms with Gasteiger partial charge in [0.25, 0.3) is 5.91 Å². The average Bonchev–Trinajstić information content (AvgIpc) is 3.08. The van der Waals surface area contributed by atoms with Crippen LogP contribution in [-0.4, -0.2) is 39.8 Å². The largest absolute Gasteiger partial charge is 0.390 e. The van der Waals surface area contributed by atoms with Gasteiger partial charge in [0.15, 0.2) is 11.5 Å². The van der Waals surface area contributed by atoms with Crippen molar-refractivity contribution in [1.82, 2.24) is 10.1 Å². The second-order valence-corrected chi connectivity index (χ2v) is 6.64. The molecule has 1 amide bonds. The highest BCUT2D eigenvalue weighted by atomic mass is 32.1. The van der Waals surface area contributed by atoms with Crippen LogP contribution in [0.25, 0.3) is 10.6 Å². The predicted octanol–water partition coefficient (Wildman–Crippen LogP) is 2.78. The van der Waals surface area contributed by atoms with Gasteiger partial charge >= 0.3 is 0 Å². The summed E-state index contributed by atoms with van der Waals surface area (Å²) in [4.78, 5) is 15.2. The molecule has 6 heteroatoms. The van der Waals surface area contributed by atoms with E-state index in [1.165, 1.54) is 0 Å². The molecule has 0 radical (unpaired) electrons. The van der Waals surface area contributed by atoms with Gasteiger partial charge in [-0.2, -0.15) is 0 Å². The van der Waals surface area contributed by atoms with Gasteiger partial charge in [-0.1, -0.05) is 11.2 Å². The number of hydrogen-bond acceptors (Lipinski definition) is 5. The molecule has 1 atom stereocenters. The van der Waals surface area contributed by atoms with Crippen LogP contribution in [-0.2, 0) is 0 Å². The molecule has 1 aliphatic rings. The molecule has 2 aromatic heterocycles. The molecule has 0 aromatic carbocycles. The molecule has 0 spiro atoms. The summed E-state index contributed by atoms with van der Waals surface area (Å²) < 4.78 is 5.26. The van der Waals surface area contributed by atoms with Gasteiger partial charge in [-0.25, -0.2) is 0 Å². The van der Waals surface area contributed by atoms with E-state index < -0.39 is 5.60 Å². The Balaban J connectivity index is 1.73. The van der Waals surface area contributed by atoms with Gasteiger partial charge in [0.2, 0.25) is 0 Å². The van der Waals surface area contributed by atoms with Crippen molar-refractivity contribution in [1.29, 1.82) is 0 Å². The van der Waals surface area contributed by atoms with Crippen molar-refractivity contribution >= 4 is 17.2 Å². The summed E-state index contributed by atoms with van der Waals surface area (Å²) in [7, 11) is 0. The maximum atomic E-state index is 12.5. The first-order chi connectivity index (χ1) is 10.1. The molecule has 1 aliphatic heterocycles. The summed E-state index contributed by atoms with van der Waals surface area (Å²) in [5.74, 6) is 0.495. The second-order valence-electron chi connectivity index (χ2n) is 5.70. The SMILES string of the molecule is CC1(O)CCCN(C(=O)c2cc(-c3cccs3)on2)CC1. The van der Waals surface area contributed by atoms with E-state index in [1.807, 2.05) is 24.4 Å². The molecule has 1 saturated heterocycles. The zero-order valence-corrected chi connectivity index (χ0v) is 12.7. The predicted molar refractivity (Wildman–Crippen MR) is 80.2 cm³/mol. The fourth-order valence-electron chi connectivity index (χ4n) is 2.54. The van der Waals surface area contributed by atoms with Crippen LogP contribution in [0.3, 0.4) is 0 Å². The number of likely N-dealkylation sites (tertiary alicyclic amines) is 1. The van der Waals surface area contributed by atoms with E-state index in [1.54, 1.807) is 22.3 Å². The molecule has 21 heavy (non-hydrogen) atoms. The minimum Gasteiger partial charge on any atom is -0.390 e. The summed E-state index contributed by atoms with van der Waals surface area (Å²) in [6, 6.07) is 5.56. The highest BCUT2D eigenvalue weighted by Gasteiger charge is 2.28. The zero-order valence-electron chi connectivity index (χ0n) is 11.9. The fraction of sp³-hybridized carbons (Fsp3) is 0.467. The molecule has 0 aliphatic carbocycles. The maximum absolute atomic E-state index is 12.5. The third-order valence-electron chi connectivity index (χ3n) is 3.84. The first-order valence-corrected chi connectivity index (χ1v) is 7.95. The third kappa shape index (κ3) is 3.16. The molecule has 1 unspecified atom stereocenters. The van der Waals surface area contributed by atoms with Crippen LogP contribution in [0.4, 0.5) is 0 Å². The van der Waals surface area contributed by atoms with Crippen LogP contribution < -0.4 is 0 Å². The van der Waals surface area contributed by atoms with Gasteiger partial charge in [0.1, 0.15) is 0 Å². The Bertz CT molecular complexity index is 619. The van der Waals surface area contributed by atoms with Crippen molar-refractivity contribution in [2.75, 3.05) is 13.1 Å². The number of carbonyl (C=O) groups is 1. The monoisotopic (exact) mass is 306 g/mol. The van der Waals surface area contributed by atoms with Crippen LogP contribution in [0.2, 0.25) is 0 Å². The lowest BCUT2D eigenvalue weighted by molar-refractivity contribution is 0.0437. The summed E-state index contributed by atoms with van der Waals surface area (Å²) >= 11 is 1.55. The van der Waals surface area contributed by atoms with E-state index in [9.17, 15) is 9.90 Å². The molecule has 0 bridgehead atoms. The maximum Gasteiger partial charge on any atom is 0.276 e. The van der Waals surface area contributed by atoms with Gasteiger partial charge in [0, 0.05) is 19.2 Å². The molecular formula is C15H18N2O3S. The van der Waals surface area contributed by atoms with Gasteiger partial charge in [-0.15, -0.1) is 11.3 Å². The quantitative estimate of drug-likeness (QED) is 0.926. The number of rotatable bonds is 2. The molecule has 5 nitrogen and oxygen atoms in total. The number of carbonyl (C=O) groups excluding carboxylic acids is 1. The highest BCUT2D eigenvalue weighted by molar-refractivity contribution is 7.13. The van der Waals surface area contributed by atoms with Crippen molar-refractivity contribution < 1.29 is 14.4 Å². The smallest absolute Gasteiger partial charge is 0.276 e. The minimum atomic E-state index is -0.680. The van der Waals surface area contributed by atoms with Crippen LogP contribution in [0.1, 0.15) is 36.7 Å². The first-order valence-electron chi connectivity index (χ1n) is 7.07. The fourth-order valence-corrected chi connectivity index (χ4v) is 3.21. The van der Waals surface area contributed by atoms with Crippen molar-refractivity contribution in [2.24, 2.45) is 0 Å². The Labute approximate surface area is 127 Å². The lowest BCUT2D eigenvalue weighted by Crippen LogP contribution is -2.33. The Morgan fingerprint density at radius 1 is 1.48 bits per heavy atom. The number of hydrogen-bond donors (Lipinski definition) is 1. The number of aromatic nitrogens is 1. The van der Waals surface area contributed by atoms with Crippen molar-refractivity contribution in [3.63, 3.8) is 0 Å². The Hall–Kier alpha value is -1.66. The number of amides is 1. The van der Waals surface area contributed by atoms with E-state index in [2.05, 4.69) is 5.16 Å². The normalized spacial score (nSPS) is 23.0. The lowest BCUT2D eigenvalue weighted by Gasteiger charge is -2.21. The Kier molecular flexibility index (Phi) is 3.82. The molecule has 0 saturated carbocycles. The standard InChI is InChI=1S/C15H18N2O3S/c1-15(19)5-3-7-17(8-6-15)14(18)11-10-12(20-16-11)13-4-2-9-21-13/h2,4,9-10,19H,3,5-8H2,1H3. The topological polar surface area (TPSA) is 66.6 Å². The molecule has 112 valence electrons. The molecule has 1 N–H and O–H groups in total. The first kappa shape index (κ1) is 14.3. The van der Waals surface area contributed by atoms with Crippen LogP contribution >= 0.6 is 11.3 Å². The van der Waals surface area contributed by atoms with Gasteiger partial charge < -0.3 is 14.5 Å². The third-order valence-corrected chi connectivity index (χ3v) is 4.73. The van der Waals surface area contributed by atoms with Gasteiger partial charge in [-0.05, 0) is 37.6 Å².